The van der Waals surface area contributed by atoms with Crippen LogP contribution in [0.25, 0.3) is 55.0 Å². The number of para-hydroxylation sites is 2. The fourth-order valence-electron chi connectivity index (χ4n) is 4.80. The molecule has 32 heavy (non-hydrogen) atoms. The van der Waals surface area contributed by atoms with Crippen molar-refractivity contribution in [1.29, 1.82) is 0 Å². The van der Waals surface area contributed by atoms with Crippen LogP contribution in [0.1, 0.15) is 0 Å². The Kier molecular flexibility index (Phi) is 3.46. The molecule has 0 aliphatic rings. The lowest BCUT2D eigenvalue weighted by atomic mass is 10.1. The summed E-state index contributed by atoms with van der Waals surface area (Å²) in [6.07, 6.45) is 10.5. The average molecular weight is 412 g/mol. The van der Waals surface area contributed by atoms with E-state index >= 15 is 0 Å². The van der Waals surface area contributed by atoms with Crippen molar-refractivity contribution in [1.82, 2.24) is 29.1 Å². The van der Waals surface area contributed by atoms with Gasteiger partial charge >= 0.3 is 0 Å². The Labute approximate surface area is 182 Å². The van der Waals surface area contributed by atoms with Gasteiger partial charge in [0.15, 0.2) is 0 Å². The monoisotopic (exact) mass is 412 g/mol. The van der Waals surface area contributed by atoms with E-state index in [2.05, 4.69) is 89.7 Å². The third-order valence-electron chi connectivity index (χ3n) is 6.08. The molecule has 0 atom stereocenters. The van der Waals surface area contributed by atoms with Gasteiger partial charge in [-0.15, -0.1) is 0 Å². The summed E-state index contributed by atoms with van der Waals surface area (Å²) in [5, 5.41) is 4.80. The van der Waals surface area contributed by atoms with Gasteiger partial charge in [0.05, 0.1) is 58.2 Å². The molecule has 0 unspecified atom stereocenters. The van der Waals surface area contributed by atoms with Gasteiger partial charge < -0.3 is 9.13 Å². The first-order valence-electron chi connectivity index (χ1n) is 10.4. The Bertz CT molecular complexity index is 1640. The van der Waals surface area contributed by atoms with Crippen LogP contribution in [0.4, 0.5) is 0 Å². The van der Waals surface area contributed by atoms with E-state index in [1.165, 1.54) is 21.5 Å². The van der Waals surface area contributed by atoms with Crippen molar-refractivity contribution in [2.45, 2.75) is 0 Å². The number of aromatic nitrogens is 6. The number of benzene rings is 3. The lowest BCUT2D eigenvalue weighted by Crippen LogP contribution is -1.97. The van der Waals surface area contributed by atoms with E-state index in [1.807, 2.05) is 24.8 Å². The van der Waals surface area contributed by atoms with Crippen LogP contribution in [-0.2, 0) is 0 Å². The van der Waals surface area contributed by atoms with E-state index in [0.717, 1.165) is 33.4 Å². The smallest absolute Gasteiger partial charge is 0.115 e. The van der Waals surface area contributed by atoms with Crippen molar-refractivity contribution in [3.8, 4) is 11.4 Å². The molecule has 0 saturated heterocycles. The van der Waals surface area contributed by atoms with Gasteiger partial charge in [-0.2, -0.15) is 0 Å². The highest BCUT2D eigenvalue weighted by molar-refractivity contribution is 6.19. The second kappa shape index (κ2) is 6.46. The van der Waals surface area contributed by atoms with Crippen molar-refractivity contribution < 1.29 is 0 Å². The molecule has 0 bridgehead atoms. The maximum Gasteiger partial charge on any atom is 0.115 e. The Hall–Kier alpha value is -4.58. The van der Waals surface area contributed by atoms with Crippen molar-refractivity contribution in [2.24, 2.45) is 0 Å². The van der Waals surface area contributed by atoms with Gasteiger partial charge in [0.2, 0.25) is 0 Å². The fourth-order valence-corrected chi connectivity index (χ4v) is 4.80. The minimum Gasteiger partial charge on any atom is -0.306 e. The van der Waals surface area contributed by atoms with Crippen LogP contribution in [0.15, 0.2) is 98.1 Å². The van der Waals surface area contributed by atoms with Crippen LogP contribution in [0.3, 0.4) is 0 Å². The molecule has 0 aliphatic carbocycles. The second-order valence-electron chi connectivity index (χ2n) is 7.78. The molecular weight excluding hydrogens is 396 g/mol. The molecule has 150 valence electrons. The fraction of sp³-hybridized carbons (Fsp3) is 0. The molecule has 0 aliphatic heterocycles. The summed E-state index contributed by atoms with van der Waals surface area (Å²) in [6, 6.07) is 21.5. The number of rotatable bonds is 2. The predicted octanol–water partition coefficient (Wildman–Crippen LogP) is 5.46. The average Bonchev–Trinajstić information content (AvgIpc) is 3.36. The maximum atomic E-state index is 4.26. The van der Waals surface area contributed by atoms with E-state index < -0.39 is 0 Å². The third-order valence-corrected chi connectivity index (χ3v) is 6.08. The molecule has 6 heteroatoms. The topological polar surface area (TPSA) is 61.4 Å². The van der Waals surface area contributed by atoms with Crippen LogP contribution in [-0.4, -0.2) is 29.1 Å². The van der Waals surface area contributed by atoms with Crippen molar-refractivity contribution in [2.75, 3.05) is 0 Å². The number of hydrogen-bond donors (Lipinski definition) is 0. The number of hydrogen-bond acceptors (Lipinski definition) is 4. The van der Waals surface area contributed by atoms with Crippen LogP contribution < -0.4 is 0 Å². The number of fused-ring (bicyclic) bond motifs is 6. The first-order chi connectivity index (χ1) is 15.9. The molecule has 7 rings (SSSR count). The first-order valence-corrected chi connectivity index (χ1v) is 10.4. The van der Waals surface area contributed by atoms with Gasteiger partial charge in [0.25, 0.3) is 0 Å². The minimum atomic E-state index is 0.934. The molecule has 0 saturated carbocycles. The summed E-state index contributed by atoms with van der Waals surface area (Å²) < 4.78 is 4.46. The Morgan fingerprint density at radius 1 is 0.438 bits per heavy atom. The largest absolute Gasteiger partial charge is 0.306 e. The Balaban J connectivity index is 1.71. The zero-order chi connectivity index (χ0) is 21.1. The molecule has 0 spiro atoms. The third kappa shape index (κ3) is 2.29. The zero-order valence-corrected chi connectivity index (χ0v) is 16.9. The highest BCUT2D eigenvalue weighted by atomic mass is 15.0. The second-order valence-corrected chi connectivity index (χ2v) is 7.78. The summed E-state index contributed by atoms with van der Waals surface area (Å²) >= 11 is 0. The van der Waals surface area contributed by atoms with Gasteiger partial charge in [0.1, 0.15) is 12.7 Å². The number of nitrogens with zero attached hydrogens (tertiary/aromatic N) is 6. The quantitative estimate of drug-likeness (QED) is 0.378. The highest BCUT2D eigenvalue weighted by Crippen LogP contribution is 2.39. The molecule has 0 N–H and O–H groups in total. The molecule has 7 aromatic rings. The maximum absolute atomic E-state index is 4.26. The first kappa shape index (κ1) is 17.1. The normalized spacial score (nSPS) is 11.8. The van der Waals surface area contributed by atoms with Gasteiger partial charge in [-0.05, 0) is 24.3 Å². The summed E-state index contributed by atoms with van der Waals surface area (Å²) in [7, 11) is 0. The zero-order valence-electron chi connectivity index (χ0n) is 16.9. The highest BCUT2D eigenvalue weighted by Gasteiger charge is 2.18. The summed E-state index contributed by atoms with van der Waals surface area (Å²) in [4.78, 5) is 17.1. The predicted molar refractivity (Wildman–Crippen MR) is 126 cm³/mol. The van der Waals surface area contributed by atoms with E-state index in [9.17, 15) is 0 Å². The molecular formula is C26H16N6. The minimum absolute atomic E-state index is 0.934. The van der Waals surface area contributed by atoms with Crippen LogP contribution in [0, 0.1) is 0 Å². The molecule has 0 radical (unpaired) electrons. The van der Waals surface area contributed by atoms with Gasteiger partial charge in [0, 0.05) is 21.5 Å². The Morgan fingerprint density at radius 3 is 1.34 bits per heavy atom. The van der Waals surface area contributed by atoms with Gasteiger partial charge in [-0.25, -0.2) is 19.9 Å². The molecule has 6 nitrogen and oxygen atoms in total. The molecule has 3 aromatic carbocycles. The standard InChI is InChI=1S/C26H16N6/c1-3-7-23-19(5-1)21-9-22-20-6-2-4-8-24(20)32(18-13-29-16-30-14-18)26(22)10-25(21)31(23)17-11-27-15-28-12-17/h1-16H. The summed E-state index contributed by atoms with van der Waals surface area (Å²) in [6.45, 7) is 0. The van der Waals surface area contributed by atoms with Gasteiger partial charge in [-0.3, -0.25) is 0 Å². The van der Waals surface area contributed by atoms with E-state index in [4.69, 9.17) is 0 Å². The van der Waals surface area contributed by atoms with Crippen LogP contribution in [0.2, 0.25) is 0 Å². The SMILES string of the molecule is c1ccc2c(c1)c1cc3c4ccccc4n(-c4cncnc4)c3cc1n2-c1cncnc1. The van der Waals surface area contributed by atoms with Crippen LogP contribution >= 0.6 is 0 Å². The summed E-state index contributed by atoms with van der Waals surface area (Å²) in [5.74, 6) is 0. The van der Waals surface area contributed by atoms with E-state index in [-0.39, 0.29) is 0 Å². The van der Waals surface area contributed by atoms with Crippen LogP contribution in [0.5, 0.6) is 0 Å². The Morgan fingerprint density at radius 2 is 0.875 bits per heavy atom. The van der Waals surface area contributed by atoms with E-state index in [1.54, 1.807) is 12.7 Å². The van der Waals surface area contributed by atoms with Crippen molar-refractivity contribution in [3.63, 3.8) is 0 Å². The molecule has 0 amide bonds. The molecule has 0 fully saturated rings. The van der Waals surface area contributed by atoms with Crippen molar-refractivity contribution in [3.05, 3.63) is 98.1 Å². The van der Waals surface area contributed by atoms with Gasteiger partial charge in [-0.1, -0.05) is 36.4 Å². The lowest BCUT2D eigenvalue weighted by Gasteiger charge is -2.08. The molecule has 4 aromatic heterocycles. The summed E-state index contributed by atoms with van der Waals surface area (Å²) in [5.41, 5.74) is 6.34. The lowest BCUT2D eigenvalue weighted by molar-refractivity contribution is 1.07. The van der Waals surface area contributed by atoms with Crippen molar-refractivity contribution >= 4 is 43.6 Å². The molecule has 4 heterocycles. The van der Waals surface area contributed by atoms with E-state index in [0.29, 0.717) is 0 Å².